The molecule has 5 heteroatoms. The van der Waals surface area contributed by atoms with Gasteiger partial charge in [0.15, 0.2) is 0 Å². The number of fused-ring (bicyclic) bond motifs is 1. The average Bonchev–Trinajstić information content (AvgIpc) is 2.67. The Morgan fingerprint density at radius 1 is 1.50 bits per heavy atom. The Morgan fingerprint density at radius 3 is 2.72 bits per heavy atom. The lowest BCUT2D eigenvalue weighted by Crippen LogP contribution is -2.19. The Kier molecular flexibility index (Phi) is 5.35. The van der Waals surface area contributed by atoms with Gasteiger partial charge < -0.3 is 0 Å². The van der Waals surface area contributed by atoms with Crippen LogP contribution in [-0.2, 0) is 16.5 Å². The molecule has 18 heavy (non-hydrogen) atoms. The van der Waals surface area contributed by atoms with E-state index in [9.17, 15) is 8.42 Å². The highest BCUT2D eigenvalue weighted by Gasteiger charge is 2.20. The number of rotatable bonds is 2. The lowest BCUT2D eigenvalue weighted by atomic mass is 10.1. The lowest BCUT2D eigenvalue weighted by molar-refractivity contribution is 0.490. The van der Waals surface area contributed by atoms with E-state index >= 15 is 0 Å². The third kappa shape index (κ3) is 5.32. The summed E-state index contributed by atoms with van der Waals surface area (Å²) in [4.78, 5) is 0. The predicted molar refractivity (Wildman–Crippen MR) is 71.8 cm³/mol. The van der Waals surface area contributed by atoms with Crippen molar-refractivity contribution < 1.29 is 13.0 Å². The zero-order chi connectivity index (χ0) is 13.6. The molecule has 1 atom stereocenters. The molecule has 0 saturated heterocycles. The van der Waals surface area contributed by atoms with Gasteiger partial charge in [-0.2, -0.15) is 8.42 Å². The van der Waals surface area contributed by atoms with Crippen molar-refractivity contribution in [3.63, 3.8) is 0 Å². The molecule has 0 aliphatic heterocycles. The van der Waals surface area contributed by atoms with Crippen molar-refractivity contribution in [2.45, 2.75) is 18.9 Å². The molecule has 0 amide bonds. The number of terminal acetylenes is 1. The molecule has 1 aliphatic carbocycles. The topological polar surface area (TPSA) is 66.4 Å². The van der Waals surface area contributed by atoms with E-state index in [0.717, 1.165) is 0 Å². The van der Waals surface area contributed by atoms with Gasteiger partial charge in [-0.05, 0) is 24.0 Å². The fraction of sp³-hybridized carbons (Fsp3) is 0.385. The standard InChI is InChI=1S/C12H13N.CH4O3S/c1-2-9-13-12-8-7-10-5-3-4-6-11(10)12;1-5(2,3)4/h1,3-6,12-13H,7-9H2;1H3,(H,2,3,4)/t12-;/m0./s1. The normalized spacial score (nSPS) is 17.3. The molecule has 2 rings (SSSR count). The van der Waals surface area contributed by atoms with Gasteiger partial charge in [0, 0.05) is 6.04 Å². The SMILES string of the molecule is C#CCN[C@H]1CCc2ccccc21.CS(=O)(=O)O. The molecule has 0 radical (unpaired) electrons. The molecule has 4 nitrogen and oxygen atoms in total. The van der Waals surface area contributed by atoms with Gasteiger partial charge in [-0.25, -0.2) is 0 Å². The van der Waals surface area contributed by atoms with Crippen molar-refractivity contribution in [1.82, 2.24) is 5.32 Å². The van der Waals surface area contributed by atoms with Crippen LogP contribution in [0.1, 0.15) is 23.6 Å². The molecule has 1 aromatic carbocycles. The van der Waals surface area contributed by atoms with Crippen LogP contribution in [-0.4, -0.2) is 25.8 Å². The van der Waals surface area contributed by atoms with E-state index < -0.39 is 10.1 Å². The molecule has 0 spiro atoms. The fourth-order valence-corrected chi connectivity index (χ4v) is 1.95. The van der Waals surface area contributed by atoms with Gasteiger partial charge in [0.2, 0.25) is 0 Å². The van der Waals surface area contributed by atoms with Crippen LogP contribution >= 0.6 is 0 Å². The molecule has 2 N–H and O–H groups in total. The summed E-state index contributed by atoms with van der Waals surface area (Å²) in [6, 6.07) is 9.06. The number of nitrogens with one attached hydrogen (secondary N) is 1. The third-order valence-corrected chi connectivity index (χ3v) is 2.58. The maximum Gasteiger partial charge on any atom is 0.261 e. The van der Waals surface area contributed by atoms with Crippen LogP contribution < -0.4 is 5.32 Å². The highest BCUT2D eigenvalue weighted by Crippen LogP contribution is 2.30. The van der Waals surface area contributed by atoms with Gasteiger partial charge in [-0.1, -0.05) is 30.2 Å². The minimum absolute atomic E-state index is 0.479. The van der Waals surface area contributed by atoms with Gasteiger partial charge in [0.25, 0.3) is 10.1 Å². The molecular weight excluding hydrogens is 250 g/mol. The molecule has 0 fully saturated rings. The highest BCUT2D eigenvalue weighted by molar-refractivity contribution is 7.85. The summed E-state index contributed by atoms with van der Waals surface area (Å²) >= 11 is 0. The van der Waals surface area contributed by atoms with E-state index in [1.165, 1.54) is 24.0 Å². The Morgan fingerprint density at radius 2 is 2.11 bits per heavy atom. The van der Waals surface area contributed by atoms with Crippen molar-refractivity contribution >= 4 is 10.1 Å². The predicted octanol–water partition coefficient (Wildman–Crippen LogP) is 1.40. The first-order chi connectivity index (χ1) is 8.42. The Labute approximate surface area is 108 Å². The van der Waals surface area contributed by atoms with E-state index in [4.69, 9.17) is 11.0 Å². The first-order valence-electron chi connectivity index (χ1n) is 5.59. The summed E-state index contributed by atoms with van der Waals surface area (Å²) < 4.78 is 25.9. The maximum absolute atomic E-state index is 9.19. The number of aryl methyl sites for hydroxylation is 1. The van der Waals surface area contributed by atoms with E-state index in [1.807, 2.05) is 0 Å². The van der Waals surface area contributed by atoms with Crippen molar-refractivity contribution in [2.75, 3.05) is 12.8 Å². The molecule has 1 aliphatic rings. The molecule has 98 valence electrons. The highest BCUT2D eigenvalue weighted by atomic mass is 32.2. The average molecular weight is 267 g/mol. The Balaban J connectivity index is 0.000000280. The van der Waals surface area contributed by atoms with Crippen molar-refractivity contribution in [1.29, 1.82) is 0 Å². The summed E-state index contributed by atoms with van der Waals surface area (Å²) in [6.07, 6.45) is 8.29. The molecule has 0 saturated carbocycles. The molecule has 0 bridgehead atoms. The van der Waals surface area contributed by atoms with E-state index in [1.54, 1.807) is 0 Å². The van der Waals surface area contributed by atoms with Gasteiger partial charge in [0.1, 0.15) is 0 Å². The Bertz CT molecular complexity index is 523. The van der Waals surface area contributed by atoms with E-state index in [-0.39, 0.29) is 0 Å². The first-order valence-corrected chi connectivity index (χ1v) is 7.43. The largest absolute Gasteiger partial charge is 0.299 e. The molecule has 0 aromatic heterocycles. The fourth-order valence-electron chi connectivity index (χ4n) is 1.95. The zero-order valence-electron chi connectivity index (χ0n) is 10.3. The lowest BCUT2D eigenvalue weighted by Gasteiger charge is -2.10. The second kappa shape index (κ2) is 6.55. The first kappa shape index (κ1) is 14.7. The molecular formula is C13H17NO3S. The summed E-state index contributed by atoms with van der Waals surface area (Å²) in [5, 5.41) is 3.35. The van der Waals surface area contributed by atoms with Crippen molar-refractivity contribution in [3.8, 4) is 12.3 Å². The molecule has 0 unspecified atom stereocenters. The summed E-state index contributed by atoms with van der Waals surface area (Å²) in [5.74, 6) is 2.61. The zero-order valence-corrected chi connectivity index (χ0v) is 11.1. The van der Waals surface area contributed by atoms with Crippen LogP contribution in [0, 0.1) is 12.3 Å². The van der Waals surface area contributed by atoms with Crippen LogP contribution in [0.4, 0.5) is 0 Å². The number of hydrogen-bond acceptors (Lipinski definition) is 3. The summed E-state index contributed by atoms with van der Waals surface area (Å²) in [6.45, 7) is 0.666. The van der Waals surface area contributed by atoms with Gasteiger partial charge in [0.05, 0.1) is 12.8 Å². The minimum Gasteiger partial charge on any atom is -0.299 e. The monoisotopic (exact) mass is 267 g/mol. The maximum atomic E-state index is 9.19. The minimum atomic E-state index is -3.67. The van der Waals surface area contributed by atoms with E-state index in [2.05, 4.69) is 35.5 Å². The Hall–Kier alpha value is -1.35. The second-order valence-electron chi connectivity index (χ2n) is 4.11. The van der Waals surface area contributed by atoms with Gasteiger partial charge in [-0.3, -0.25) is 9.87 Å². The quantitative estimate of drug-likeness (QED) is 0.628. The summed E-state index contributed by atoms with van der Waals surface area (Å²) in [5.41, 5.74) is 2.90. The summed E-state index contributed by atoms with van der Waals surface area (Å²) in [7, 11) is -3.67. The van der Waals surface area contributed by atoms with Crippen LogP contribution in [0.3, 0.4) is 0 Å². The van der Waals surface area contributed by atoms with Crippen molar-refractivity contribution in [2.24, 2.45) is 0 Å². The molecule has 1 aromatic rings. The smallest absolute Gasteiger partial charge is 0.261 e. The van der Waals surface area contributed by atoms with Crippen molar-refractivity contribution in [3.05, 3.63) is 35.4 Å². The third-order valence-electron chi connectivity index (χ3n) is 2.58. The van der Waals surface area contributed by atoms with Crippen LogP contribution in [0.2, 0.25) is 0 Å². The van der Waals surface area contributed by atoms with Crippen LogP contribution in [0.25, 0.3) is 0 Å². The van der Waals surface area contributed by atoms with E-state index in [0.29, 0.717) is 18.8 Å². The van der Waals surface area contributed by atoms with Crippen LogP contribution in [0.5, 0.6) is 0 Å². The van der Waals surface area contributed by atoms with Gasteiger partial charge >= 0.3 is 0 Å². The number of benzene rings is 1. The number of hydrogen-bond donors (Lipinski definition) is 2. The second-order valence-corrected chi connectivity index (χ2v) is 5.57. The van der Waals surface area contributed by atoms with Gasteiger partial charge in [-0.15, -0.1) is 6.42 Å². The molecule has 0 heterocycles. The van der Waals surface area contributed by atoms with Crippen LogP contribution in [0.15, 0.2) is 24.3 Å².